The summed E-state index contributed by atoms with van der Waals surface area (Å²) in [4.78, 5) is 45.3. The highest BCUT2D eigenvalue weighted by Gasteiger charge is 2.54. The summed E-state index contributed by atoms with van der Waals surface area (Å²) in [5.74, 6) is -2.81. The molecule has 1 aromatic carbocycles. The van der Waals surface area contributed by atoms with Crippen LogP contribution in [0, 0.1) is 17.8 Å². The Morgan fingerprint density at radius 1 is 0.887 bits per heavy atom. The van der Waals surface area contributed by atoms with Crippen LogP contribution in [-0.4, -0.2) is 187 Å². The number of hydrogen-bond acceptors (Lipinski definition) is 17. The maximum absolute atomic E-state index is 14.8. The van der Waals surface area contributed by atoms with E-state index >= 15 is 0 Å². The van der Waals surface area contributed by atoms with Crippen LogP contribution >= 0.6 is 0 Å². The number of hydrogen-bond donors (Lipinski definition) is 6. The third-order valence-corrected chi connectivity index (χ3v) is 15.0. The molecule has 0 bridgehead atoms. The molecule has 408 valence electrons. The van der Waals surface area contributed by atoms with Crippen LogP contribution in [0.3, 0.4) is 0 Å². The quantitative estimate of drug-likeness (QED) is 0.0760. The van der Waals surface area contributed by atoms with E-state index in [-0.39, 0.29) is 49.6 Å². The average molecular weight is 1010 g/mol. The molecule has 0 saturated carbocycles. The molecular formula is C52H90N4O15. The van der Waals surface area contributed by atoms with Crippen LogP contribution in [-0.2, 0) is 49.1 Å². The summed E-state index contributed by atoms with van der Waals surface area (Å²) in [6.45, 7) is 20.6. The number of carbonyl (C=O) groups excluding carboxylic acids is 3. The lowest BCUT2D eigenvalue weighted by Gasteiger charge is -2.49. The lowest BCUT2D eigenvalue weighted by atomic mass is 9.77. The van der Waals surface area contributed by atoms with Gasteiger partial charge in [0.1, 0.15) is 29.2 Å². The summed E-state index contributed by atoms with van der Waals surface area (Å²) < 4.78 is 51.0. The Balaban J connectivity index is 1.75. The van der Waals surface area contributed by atoms with Gasteiger partial charge < -0.3 is 73.9 Å². The summed E-state index contributed by atoms with van der Waals surface area (Å²) in [5, 5.41) is 52.4. The minimum Gasteiger partial charge on any atom is -0.508 e. The number of aliphatic hydroxyl groups excluding tert-OH is 1. The first-order valence-electron chi connectivity index (χ1n) is 25.7. The molecule has 0 spiro atoms. The number of esters is 1. The molecule has 3 aliphatic heterocycles. The van der Waals surface area contributed by atoms with Crippen LogP contribution in [0.25, 0.3) is 0 Å². The van der Waals surface area contributed by atoms with E-state index < -0.39 is 108 Å². The van der Waals surface area contributed by atoms with Crippen molar-refractivity contribution >= 4 is 18.2 Å². The van der Waals surface area contributed by atoms with Crippen molar-refractivity contribution in [1.82, 2.24) is 20.4 Å². The van der Waals surface area contributed by atoms with Gasteiger partial charge in [-0.3, -0.25) is 9.69 Å². The average Bonchev–Trinajstić information content (AvgIpc) is 3.29. The molecule has 0 unspecified atom stereocenters. The minimum absolute atomic E-state index is 0.0333. The number of aromatic hydroxyl groups is 1. The number of nitrogens with one attached hydrogen (secondary N) is 2. The number of phenols is 1. The number of carbonyl (C=O) groups is 3. The molecule has 3 heterocycles. The summed E-state index contributed by atoms with van der Waals surface area (Å²) >= 11 is 0. The number of likely N-dealkylation sites (N-methyl/N-ethyl adjacent to an activating group) is 2. The highest BCUT2D eigenvalue weighted by Crippen LogP contribution is 2.41. The first-order valence-corrected chi connectivity index (χ1v) is 25.7. The lowest BCUT2D eigenvalue weighted by molar-refractivity contribution is -0.317. The molecule has 3 aliphatic rings. The number of benzene rings is 1. The van der Waals surface area contributed by atoms with Crippen molar-refractivity contribution in [3.63, 3.8) is 0 Å². The van der Waals surface area contributed by atoms with Gasteiger partial charge in [0.05, 0.1) is 35.9 Å². The third-order valence-electron chi connectivity index (χ3n) is 15.0. The van der Waals surface area contributed by atoms with E-state index in [1.807, 2.05) is 58.6 Å². The Morgan fingerprint density at radius 2 is 1.51 bits per heavy atom. The van der Waals surface area contributed by atoms with Gasteiger partial charge in [-0.15, -0.1) is 0 Å². The van der Waals surface area contributed by atoms with Crippen molar-refractivity contribution in [1.29, 1.82) is 0 Å². The van der Waals surface area contributed by atoms with E-state index in [2.05, 4.69) is 10.6 Å². The van der Waals surface area contributed by atoms with E-state index in [1.165, 1.54) is 14.0 Å². The number of aliphatic hydroxyl groups is 3. The number of cyclic esters (lactones) is 1. The maximum Gasteiger partial charge on any atom is 0.407 e. The topological polar surface area (TPSA) is 237 Å². The van der Waals surface area contributed by atoms with Gasteiger partial charge in [-0.1, -0.05) is 46.2 Å². The number of rotatable bonds is 15. The largest absolute Gasteiger partial charge is 0.508 e. The van der Waals surface area contributed by atoms with Gasteiger partial charge in [0.2, 0.25) is 0 Å². The monoisotopic (exact) mass is 1010 g/mol. The van der Waals surface area contributed by atoms with Crippen LogP contribution in [0.15, 0.2) is 24.3 Å². The Labute approximate surface area is 422 Å². The van der Waals surface area contributed by atoms with E-state index in [4.69, 9.17) is 37.9 Å². The first kappa shape index (κ1) is 60.2. The van der Waals surface area contributed by atoms with Crippen LogP contribution in [0.1, 0.15) is 120 Å². The van der Waals surface area contributed by atoms with E-state index in [9.17, 15) is 34.8 Å². The smallest absolute Gasteiger partial charge is 0.407 e. The number of nitrogens with zero attached hydrogens (tertiary/aromatic N) is 2. The standard InChI is InChI=1S/C52H90N4O15/c1-16-18-24-53-48(60)70-44-34(7)56(14)29-30(3)27-50(9,62)43(69-47-41(58)38(55(12)13)26-31(4)65-47)32(5)42(33(6)46(59)67-39(17-2)52(44,11)63)68-40-28-51(10,64-15)45(35(8)66-40)71-49(61)54-25-23-36-19-21-37(57)22-20-36/h19-22,30-35,38-45,47,57-58,62-63H,16-18,23-29H2,1-15H3,(H,53,60)(H,54,61)/t30-,31-,32+,33-,34-,35+,38+,39-,40+,41-,42+,43-,44-,45+,47+,50+,51-,52-/m1/s1. The van der Waals surface area contributed by atoms with Crippen LogP contribution in [0.5, 0.6) is 5.75 Å². The van der Waals surface area contributed by atoms with Gasteiger partial charge >= 0.3 is 18.2 Å². The Hall–Kier alpha value is -3.37. The molecule has 4 rings (SSSR count). The molecule has 2 amide bonds. The van der Waals surface area contributed by atoms with Crippen molar-refractivity contribution in [2.24, 2.45) is 17.8 Å². The van der Waals surface area contributed by atoms with Crippen LogP contribution in [0.4, 0.5) is 9.59 Å². The number of unbranched alkanes of at least 4 members (excludes halogenated alkanes) is 1. The number of phenolic OH excluding ortho intramolecular Hbond substituents is 1. The molecule has 19 heteroatoms. The molecule has 0 radical (unpaired) electrons. The molecule has 3 saturated heterocycles. The number of amides is 2. The van der Waals surface area contributed by atoms with E-state index in [0.29, 0.717) is 25.9 Å². The Kier molecular flexibility index (Phi) is 22.2. The summed E-state index contributed by atoms with van der Waals surface area (Å²) in [5.41, 5.74) is -3.80. The number of ether oxygens (including phenoxy) is 8. The fraction of sp³-hybridized carbons (Fsp3) is 0.827. The molecule has 19 nitrogen and oxygen atoms in total. The van der Waals surface area contributed by atoms with Gasteiger partial charge in [-0.2, -0.15) is 0 Å². The van der Waals surface area contributed by atoms with Crippen LogP contribution < -0.4 is 10.6 Å². The van der Waals surface area contributed by atoms with Crippen molar-refractivity contribution in [2.45, 2.75) is 211 Å². The normalized spacial score (nSPS) is 39.1. The molecule has 71 heavy (non-hydrogen) atoms. The van der Waals surface area contributed by atoms with Gasteiger partial charge in [0, 0.05) is 51.2 Å². The predicted molar refractivity (Wildman–Crippen MR) is 265 cm³/mol. The molecular weight excluding hydrogens is 921 g/mol. The summed E-state index contributed by atoms with van der Waals surface area (Å²) in [6.07, 6.45) is -8.42. The van der Waals surface area contributed by atoms with Crippen molar-refractivity contribution in [3.05, 3.63) is 29.8 Å². The van der Waals surface area contributed by atoms with Crippen molar-refractivity contribution in [3.8, 4) is 5.75 Å². The maximum atomic E-state index is 14.8. The number of alkyl carbamates (subject to hydrolysis) is 2. The second-order valence-corrected chi connectivity index (χ2v) is 21.6. The second-order valence-electron chi connectivity index (χ2n) is 21.6. The minimum atomic E-state index is -1.90. The summed E-state index contributed by atoms with van der Waals surface area (Å²) in [7, 11) is 7.10. The molecule has 1 aromatic rings. The van der Waals surface area contributed by atoms with Crippen molar-refractivity contribution in [2.75, 3.05) is 47.9 Å². The second kappa shape index (κ2) is 26.2. The Morgan fingerprint density at radius 3 is 2.10 bits per heavy atom. The third kappa shape index (κ3) is 15.8. The highest BCUT2D eigenvalue weighted by molar-refractivity contribution is 5.73. The van der Waals surface area contributed by atoms with Gasteiger partial charge in [0.25, 0.3) is 0 Å². The number of methoxy groups -OCH3 is 1. The summed E-state index contributed by atoms with van der Waals surface area (Å²) in [6, 6.07) is 5.76. The predicted octanol–water partition coefficient (Wildman–Crippen LogP) is 5.12. The zero-order valence-corrected chi connectivity index (χ0v) is 45.2. The molecule has 0 aromatic heterocycles. The van der Waals surface area contributed by atoms with Gasteiger partial charge in [-0.05, 0) is 125 Å². The molecule has 18 atom stereocenters. The molecule has 3 fully saturated rings. The van der Waals surface area contributed by atoms with E-state index in [1.54, 1.807) is 65.8 Å². The SMILES string of the molecule is CCCCNC(=O)O[C@@H]1[C@@H](C)N(C)C[C@H](C)C[C@](C)(O)[C@H](O[C@@H]2O[C@H](C)C[C@H](N(C)C)[C@H]2O)[C@@H](C)[C@H](O[C@H]2C[C@@](C)(OC)[C@@H](OC(=O)NCCc3ccc(O)cc3)[C@H](C)O2)[C@@H](C)C(=O)O[C@H](CC)[C@@]1(C)O. The molecule has 6 N–H and O–H groups in total. The Bertz CT molecular complexity index is 1820. The fourth-order valence-electron chi connectivity index (χ4n) is 10.8. The first-order chi connectivity index (χ1) is 33.2. The van der Waals surface area contributed by atoms with E-state index in [0.717, 1.165) is 18.4 Å². The zero-order chi connectivity index (χ0) is 53.2. The zero-order valence-electron chi connectivity index (χ0n) is 45.2. The van der Waals surface area contributed by atoms with Gasteiger partial charge in [0.15, 0.2) is 24.8 Å². The molecule has 0 aliphatic carbocycles. The fourth-order valence-corrected chi connectivity index (χ4v) is 10.8. The van der Waals surface area contributed by atoms with Crippen LogP contribution in [0.2, 0.25) is 0 Å². The van der Waals surface area contributed by atoms with Crippen molar-refractivity contribution < 1.29 is 72.7 Å². The highest BCUT2D eigenvalue weighted by atomic mass is 16.7. The van der Waals surface area contributed by atoms with Gasteiger partial charge in [-0.25, -0.2) is 9.59 Å². The lowest BCUT2D eigenvalue weighted by Crippen LogP contribution is -2.61.